The predicted octanol–water partition coefficient (Wildman–Crippen LogP) is 1.27. The van der Waals surface area contributed by atoms with E-state index in [2.05, 4.69) is 0 Å². The number of hydrogen-bond donors (Lipinski definition) is 1. The quantitative estimate of drug-likeness (QED) is 0.857. The van der Waals surface area contributed by atoms with Crippen molar-refractivity contribution in [2.24, 2.45) is 5.73 Å². The zero-order valence-corrected chi connectivity index (χ0v) is 12.0. The molecule has 0 aliphatic rings. The molecule has 18 heavy (non-hydrogen) atoms. The average Bonchev–Trinajstić information content (AvgIpc) is 2.36. The van der Waals surface area contributed by atoms with Crippen LogP contribution in [-0.4, -0.2) is 38.3 Å². The van der Waals surface area contributed by atoms with E-state index in [1.54, 1.807) is 11.8 Å². The van der Waals surface area contributed by atoms with Gasteiger partial charge in [0, 0.05) is 31.5 Å². The maximum atomic E-state index is 13.3. The Kier molecular flexibility index (Phi) is 5.58. The van der Waals surface area contributed by atoms with Crippen LogP contribution in [0.1, 0.15) is 5.56 Å². The average molecular weight is 292 g/mol. The van der Waals surface area contributed by atoms with E-state index >= 15 is 0 Å². The summed E-state index contributed by atoms with van der Waals surface area (Å²) in [5, 5.41) is 0. The number of nitrogens with zero attached hydrogens (tertiary/aromatic N) is 1. The summed E-state index contributed by atoms with van der Waals surface area (Å²) >= 11 is 1.57. The number of halogens is 1. The molecule has 0 aromatic heterocycles. The maximum Gasteiger partial charge on any atom is 0.242 e. The van der Waals surface area contributed by atoms with E-state index in [0.717, 1.165) is 6.07 Å². The maximum absolute atomic E-state index is 13.3. The second kappa shape index (κ2) is 6.51. The molecule has 2 N–H and O–H groups in total. The molecule has 0 heterocycles. The summed E-state index contributed by atoms with van der Waals surface area (Å²) in [6.45, 7) is 0.391. The standard InChI is InChI=1S/C11H17FN2O2S2/c1-14(5-6-17-2)18(15,16)10-3-4-11(12)9(7-10)8-13/h3-4,7H,5-6,8,13H2,1-2H3. The van der Waals surface area contributed by atoms with E-state index in [1.165, 1.54) is 23.5 Å². The third-order valence-corrected chi connectivity index (χ3v) is 5.00. The van der Waals surface area contributed by atoms with Gasteiger partial charge in [0.15, 0.2) is 0 Å². The van der Waals surface area contributed by atoms with E-state index in [9.17, 15) is 12.8 Å². The molecule has 102 valence electrons. The smallest absolute Gasteiger partial charge is 0.242 e. The molecule has 1 aromatic rings. The van der Waals surface area contributed by atoms with Crippen LogP contribution in [0, 0.1) is 5.82 Å². The molecule has 0 aliphatic heterocycles. The third-order valence-electron chi connectivity index (χ3n) is 2.56. The van der Waals surface area contributed by atoms with Crippen molar-refractivity contribution in [2.75, 3.05) is 25.6 Å². The molecule has 0 radical (unpaired) electrons. The Balaban J connectivity index is 3.05. The summed E-state index contributed by atoms with van der Waals surface area (Å²) in [5.41, 5.74) is 5.57. The first kappa shape index (κ1) is 15.4. The number of hydrogen-bond acceptors (Lipinski definition) is 4. The Hall–Kier alpha value is -0.630. The SMILES string of the molecule is CSCCN(C)S(=O)(=O)c1ccc(F)c(CN)c1. The monoisotopic (exact) mass is 292 g/mol. The summed E-state index contributed by atoms with van der Waals surface area (Å²) < 4.78 is 38.9. The second-order valence-corrected chi connectivity index (χ2v) is 6.81. The fourth-order valence-electron chi connectivity index (χ4n) is 1.39. The van der Waals surface area contributed by atoms with Crippen LogP contribution in [-0.2, 0) is 16.6 Å². The van der Waals surface area contributed by atoms with E-state index in [4.69, 9.17) is 5.73 Å². The van der Waals surface area contributed by atoms with E-state index in [1.807, 2.05) is 6.26 Å². The molecular weight excluding hydrogens is 275 g/mol. The number of nitrogens with two attached hydrogens (primary N) is 1. The fraction of sp³-hybridized carbons (Fsp3) is 0.455. The summed E-state index contributed by atoms with van der Waals surface area (Å²) in [7, 11) is -2.05. The number of rotatable bonds is 6. The van der Waals surface area contributed by atoms with Crippen molar-refractivity contribution in [3.8, 4) is 0 Å². The molecule has 0 saturated carbocycles. The van der Waals surface area contributed by atoms with Crippen LogP contribution in [0.15, 0.2) is 23.1 Å². The van der Waals surface area contributed by atoms with Crippen LogP contribution in [0.25, 0.3) is 0 Å². The summed E-state index contributed by atoms with van der Waals surface area (Å²) in [6, 6.07) is 3.69. The Morgan fingerprint density at radius 1 is 1.44 bits per heavy atom. The molecule has 7 heteroatoms. The van der Waals surface area contributed by atoms with Gasteiger partial charge >= 0.3 is 0 Å². The Morgan fingerprint density at radius 2 is 2.11 bits per heavy atom. The summed E-state index contributed by atoms with van der Waals surface area (Å²) in [4.78, 5) is 0.0768. The molecule has 0 fully saturated rings. The highest BCUT2D eigenvalue weighted by molar-refractivity contribution is 7.98. The molecule has 0 atom stereocenters. The lowest BCUT2D eigenvalue weighted by Gasteiger charge is -2.17. The Bertz CT molecular complexity index is 506. The summed E-state index contributed by atoms with van der Waals surface area (Å²) in [6.07, 6.45) is 1.91. The van der Waals surface area contributed by atoms with Gasteiger partial charge in [-0.1, -0.05) is 0 Å². The summed E-state index contributed by atoms with van der Waals surface area (Å²) in [5.74, 6) is 0.226. The molecule has 4 nitrogen and oxygen atoms in total. The van der Waals surface area contributed by atoms with Crippen LogP contribution in [0.4, 0.5) is 4.39 Å². The normalized spacial score (nSPS) is 12.1. The third kappa shape index (κ3) is 3.44. The van der Waals surface area contributed by atoms with Gasteiger partial charge in [-0.15, -0.1) is 0 Å². The Morgan fingerprint density at radius 3 is 2.67 bits per heavy atom. The number of thioether (sulfide) groups is 1. The highest BCUT2D eigenvalue weighted by atomic mass is 32.2. The van der Waals surface area contributed by atoms with Crippen LogP contribution in [0.2, 0.25) is 0 Å². The van der Waals surface area contributed by atoms with E-state index < -0.39 is 15.8 Å². The lowest BCUT2D eigenvalue weighted by Crippen LogP contribution is -2.29. The van der Waals surface area contributed by atoms with Crippen molar-refractivity contribution in [1.29, 1.82) is 0 Å². The van der Waals surface area contributed by atoms with Crippen molar-refractivity contribution in [2.45, 2.75) is 11.4 Å². The minimum absolute atomic E-state index is 0.0241. The van der Waals surface area contributed by atoms with Gasteiger partial charge in [-0.3, -0.25) is 0 Å². The van der Waals surface area contributed by atoms with Gasteiger partial charge in [0.05, 0.1) is 4.90 Å². The van der Waals surface area contributed by atoms with Crippen LogP contribution in [0.3, 0.4) is 0 Å². The molecular formula is C11H17FN2O2S2. The molecule has 0 bridgehead atoms. The Labute approximate surface area is 111 Å². The zero-order valence-electron chi connectivity index (χ0n) is 10.4. The first-order chi connectivity index (χ1) is 8.43. The van der Waals surface area contributed by atoms with Crippen LogP contribution < -0.4 is 5.73 Å². The van der Waals surface area contributed by atoms with Gasteiger partial charge in [0.25, 0.3) is 0 Å². The fourth-order valence-corrected chi connectivity index (χ4v) is 3.18. The topological polar surface area (TPSA) is 63.4 Å². The first-order valence-corrected chi connectivity index (χ1v) is 8.20. The molecule has 1 rings (SSSR count). The minimum atomic E-state index is -3.56. The van der Waals surface area contributed by atoms with E-state index in [-0.39, 0.29) is 17.0 Å². The lowest BCUT2D eigenvalue weighted by atomic mass is 10.2. The first-order valence-electron chi connectivity index (χ1n) is 5.37. The van der Waals surface area contributed by atoms with Crippen molar-refractivity contribution in [1.82, 2.24) is 4.31 Å². The molecule has 1 aromatic carbocycles. The van der Waals surface area contributed by atoms with Crippen LogP contribution >= 0.6 is 11.8 Å². The molecule has 0 amide bonds. The van der Waals surface area contributed by atoms with Crippen molar-refractivity contribution < 1.29 is 12.8 Å². The van der Waals surface area contributed by atoms with Gasteiger partial charge < -0.3 is 5.73 Å². The molecule has 0 unspecified atom stereocenters. The van der Waals surface area contributed by atoms with Gasteiger partial charge in [-0.05, 0) is 24.5 Å². The van der Waals surface area contributed by atoms with Crippen molar-refractivity contribution in [3.63, 3.8) is 0 Å². The van der Waals surface area contributed by atoms with Crippen LogP contribution in [0.5, 0.6) is 0 Å². The van der Waals surface area contributed by atoms with Crippen molar-refractivity contribution in [3.05, 3.63) is 29.6 Å². The molecule has 0 saturated heterocycles. The second-order valence-electron chi connectivity index (χ2n) is 3.78. The van der Waals surface area contributed by atoms with Gasteiger partial charge in [0.1, 0.15) is 5.82 Å². The van der Waals surface area contributed by atoms with Gasteiger partial charge in [-0.25, -0.2) is 17.1 Å². The molecule has 0 spiro atoms. The van der Waals surface area contributed by atoms with Crippen molar-refractivity contribution >= 4 is 21.8 Å². The zero-order chi connectivity index (χ0) is 13.8. The van der Waals surface area contributed by atoms with Gasteiger partial charge in [0.2, 0.25) is 10.0 Å². The lowest BCUT2D eigenvalue weighted by molar-refractivity contribution is 0.488. The number of sulfonamides is 1. The number of benzene rings is 1. The highest BCUT2D eigenvalue weighted by Gasteiger charge is 2.21. The minimum Gasteiger partial charge on any atom is -0.326 e. The largest absolute Gasteiger partial charge is 0.326 e. The van der Waals surface area contributed by atoms with Gasteiger partial charge in [-0.2, -0.15) is 11.8 Å². The van der Waals surface area contributed by atoms with E-state index in [0.29, 0.717) is 12.3 Å². The highest BCUT2D eigenvalue weighted by Crippen LogP contribution is 2.18. The molecule has 0 aliphatic carbocycles. The predicted molar refractivity (Wildman–Crippen MR) is 72.5 cm³/mol.